The molecule has 1 aromatic carbocycles. The number of rotatable bonds is 3. The summed E-state index contributed by atoms with van der Waals surface area (Å²) < 4.78 is 7.40. The van der Waals surface area contributed by atoms with Crippen LogP contribution in [0.5, 0.6) is 5.75 Å². The minimum atomic E-state index is -0.131. The van der Waals surface area contributed by atoms with E-state index < -0.39 is 0 Å². The molecule has 0 saturated carbocycles. The van der Waals surface area contributed by atoms with E-state index in [0.29, 0.717) is 24.5 Å². The number of hydrogen-bond donors (Lipinski definition) is 2. The Kier molecular flexibility index (Phi) is 3.10. The predicted molar refractivity (Wildman–Crippen MR) is 76.7 cm³/mol. The van der Waals surface area contributed by atoms with Crippen LogP contribution in [-0.2, 0) is 6.54 Å². The summed E-state index contributed by atoms with van der Waals surface area (Å²) in [4.78, 5) is 12.4. The summed E-state index contributed by atoms with van der Waals surface area (Å²) in [5.74, 6) is 0.706. The van der Waals surface area contributed by atoms with Crippen molar-refractivity contribution in [2.45, 2.75) is 19.5 Å². The second-order valence-electron chi connectivity index (χ2n) is 4.82. The van der Waals surface area contributed by atoms with Crippen LogP contribution in [0.4, 0.5) is 5.69 Å². The quantitative estimate of drug-likeness (QED) is 0.896. The van der Waals surface area contributed by atoms with Gasteiger partial charge >= 0.3 is 0 Å². The lowest BCUT2D eigenvalue weighted by molar-refractivity contribution is 0.0921. The molecule has 0 bridgehead atoms. The number of aromatic nitrogens is 1. The lowest BCUT2D eigenvalue weighted by atomic mass is 10.1. The highest BCUT2D eigenvalue weighted by Gasteiger charge is 2.26. The first-order valence-corrected chi connectivity index (χ1v) is 6.67. The Hall–Kier alpha value is -2.43. The summed E-state index contributed by atoms with van der Waals surface area (Å²) in [6.45, 7) is 3.15. The van der Waals surface area contributed by atoms with Crippen molar-refractivity contribution in [3.05, 3.63) is 47.8 Å². The molecule has 1 aliphatic heterocycles. The number of amides is 1. The summed E-state index contributed by atoms with van der Waals surface area (Å²) in [6.07, 6.45) is 1.77. The average molecular weight is 271 g/mol. The van der Waals surface area contributed by atoms with Crippen LogP contribution >= 0.6 is 0 Å². The molecule has 1 aromatic heterocycles. The van der Waals surface area contributed by atoms with Crippen LogP contribution in [0.25, 0.3) is 0 Å². The number of fused-ring (bicyclic) bond motifs is 1. The van der Waals surface area contributed by atoms with E-state index in [1.807, 2.05) is 35.8 Å². The van der Waals surface area contributed by atoms with Gasteiger partial charge in [-0.15, -0.1) is 0 Å². The molecule has 2 aromatic rings. The van der Waals surface area contributed by atoms with Gasteiger partial charge in [-0.1, -0.05) is 18.2 Å². The molecule has 5 heteroatoms. The number of carbonyl (C=O) groups is 1. The molecule has 1 atom stereocenters. The van der Waals surface area contributed by atoms with Crippen LogP contribution in [0.15, 0.2) is 36.5 Å². The Morgan fingerprint density at radius 1 is 1.50 bits per heavy atom. The van der Waals surface area contributed by atoms with Gasteiger partial charge in [0.2, 0.25) is 0 Å². The number of nitrogens with one attached hydrogen (secondary N) is 1. The number of benzene rings is 1. The molecule has 5 nitrogen and oxygen atoms in total. The highest BCUT2D eigenvalue weighted by atomic mass is 16.5. The number of hydrogen-bond acceptors (Lipinski definition) is 3. The lowest BCUT2D eigenvalue weighted by Gasteiger charge is -2.12. The summed E-state index contributed by atoms with van der Waals surface area (Å²) in [6, 6.07) is 9.33. The SMILES string of the molecule is CCn1cc(N)cc1C(=O)NC1COc2ccccc21. The second kappa shape index (κ2) is 4.92. The first-order valence-electron chi connectivity index (χ1n) is 6.67. The van der Waals surface area contributed by atoms with E-state index in [-0.39, 0.29) is 11.9 Å². The molecule has 1 aliphatic rings. The molecule has 20 heavy (non-hydrogen) atoms. The van der Waals surface area contributed by atoms with Crippen LogP contribution in [0.1, 0.15) is 29.0 Å². The molecule has 0 aliphatic carbocycles. The first-order chi connectivity index (χ1) is 9.69. The minimum Gasteiger partial charge on any atom is -0.491 e. The number of nitrogens with two attached hydrogens (primary N) is 1. The molecule has 3 N–H and O–H groups in total. The summed E-state index contributed by atoms with van der Waals surface area (Å²) in [5, 5.41) is 3.00. The molecule has 0 radical (unpaired) electrons. The van der Waals surface area contributed by atoms with Gasteiger partial charge in [-0.3, -0.25) is 4.79 Å². The minimum absolute atomic E-state index is 0.111. The van der Waals surface area contributed by atoms with Gasteiger partial charge in [0.15, 0.2) is 0 Å². The van der Waals surface area contributed by atoms with Gasteiger partial charge in [-0.2, -0.15) is 0 Å². The predicted octanol–water partition coefficient (Wildman–Crippen LogP) is 1.95. The number of carbonyl (C=O) groups excluding carboxylic acids is 1. The normalized spacial score (nSPS) is 16.6. The number of aryl methyl sites for hydroxylation is 1. The van der Waals surface area contributed by atoms with Crippen molar-refractivity contribution in [1.29, 1.82) is 0 Å². The highest BCUT2D eigenvalue weighted by Crippen LogP contribution is 2.31. The molecule has 1 amide bonds. The van der Waals surface area contributed by atoms with Crippen molar-refractivity contribution in [2.75, 3.05) is 12.3 Å². The van der Waals surface area contributed by atoms with Crippen molar-refractivity contribution in [3.63, 3.8) is 0 Å². The fraction of sp³-hybridized carbons (Fsp3) is 0.267. The Bertz CT molecular complexity index is 648. The number of nitrogen functional groups attached to an aromatic ring is 1. The zero-order chi connectivity index (χ0) is 14.1. The molecular formula is C15H17N3O2. The Labute approximate surface area is 117 Å². The van der Waals surface area contributed by atoms with Gasteiger partial charge in [0.1, 0.15) is 18.1 Å². The number of nitrogens with zero attached hydrogens (tertiary/aromatic N) is 1. The van der Waals surface area contributed by atoms with Crippen molar-refractivity contribution in [2.24, 2.45) is 0 Å². The monoisotopic (exact) mass is 271 g/mol. The van der Waals surface area contributed by atoms with Crippen molar-refractivity contribution >= 4 is 11.6 Å². The topological polar surface area (TPSA) is 69.3 Å². The summed E-state index contributed by atoms with van der Waals surface area (Å²) >= 11 is 0. The first kappa shape index (κ1) is 12.6. The zero-order valence-electron chi connectivity index (χ0n) is 11.3. The van der Waals surface area contributed by atoms with Crippen LogP contribution in [0, 0.1) is 0 Å². The third-order valence-corrected chi connectivity index (χ3v) is 3.50. The lowest BCUT2D eigenvalue weighted by Crippen LogP contribution is -2.30. The average Bonchev–Trinajstić information content (AvgIpc) is 3.03. The van der Waals surface area contributed by atoms with Crippen LogP contribution < -0.4 is 15.8 Å². The summed E-state index contributed by atoms with van der Waals surface area (Å²) in [7, 11) is 0. The van der Waals surface area contributed by atoms with Crippen LogP contribution in [0.3, 0.4) is 0 Å². The van der Waals surface area contributed by atoms with Crippen LogP contribution in [-0.4, -0.2) is 17.1 Å². The number of anilines is 1. The van der Waals surface area contributed by atoms with Gasteiger partial charge in [0, 0.05) is 18.3 Å². The van der Waals surface area contributed by atoms with Gasteiger partial charge < -0.3 is 20.4 Å². The highest BCUT2D eigenvalue weighted by molar-refractivity contribution is 5.94. The van der Waals surface area contributed by atoms with Gasteiger partial charge in [-0.25, -0.2) is 0 Å². The van der Waals surface area contributed by atoms with Gasteiger partial charge in [0.05, 0.1) is 11.7 Å². The van der Waals surface area contributed by atoms with Gasteiger partial charge in [-0.05, 0) is 19.1 Å². The smallest absolute Gasteiger partial charge is 0.268 e. The largest absolute Gasteiger partial charge is 0.491 e. The van der Waals surface area contributed by atoms with E-state index in [1.165, 1.54) is 0 Å². The molecule has 0 saturated heterocycles. The number of ether oxygens (including phenoxy) is 1. The molecule has 0 fully saturated rings. The third-order valence-electron chi connectivity index (χ3n) is 3.50. The molecule has 104 valence electrons. The Morgan fingerprint density at radius 2 is 2.30 bits per heavy atom. The van der Waals surface area contributed by atoms with Crippen molar-refractivity contribution in [3.8, 4) is 5.75 Å². The standard InChI is InChI=1S/C15H17N3O2/c1-2-18-8-10(16)7-13(18)15(19)17-12-9-20-14-6-4-3-5-11(12)14/h3-8,12H,2,9,16H2,1H3,(H,17,19). The maximum Gasteiger partial charge on any atom is 0.268 e. The summed E-state index contributed by atoms with van der Waals surface area (Å²) in [5.41, 5.74) is 7.94. The maximum atomic E-state index is 12.4. The zero-order valence-corrected chi connectivity index (χ0v) is 11.3. The van der Waals surface area contributed by atoms with E-state index in [0.717, 1.165) is 11.3 Å². The third kappa shape index (κ3) is 2.11. The fourth-order valence-corrected chi connectivity index (χ4v) is 2.50. The van der Waals surface area contributed by atoms with Crippen LogP contribution in [0.2, 0.25) is 0 Å². The molecule has 3 rings (SSSR count). The van der Waals surface area contributed by atoms with E-state index in [2.05, 4.69) is 5.32 Å². The van der Waals surface area contributed by atoms with Gasteiger partial charge in [0.25, 0.3) is 5.91 Å². The Balaban J connectivity index is 1.80. The Morgan fingerprint density at radius 3 is 3.10 bits per heavy atom. The van der Waals surface area contributed by atoms with E-state index in [9.17, 15) is 4.79 Å². The molecule has 1 unspecified atom stereocenters. The maximum absolute atomic E-state index is 12.4. The molecular weight excluding hydrogens is 254 g/mol. The van der Waals surface area contributed by atoms with Crippen molar-refractivity contribution < 1.29 is 9.53 Å². The number of para-hydroxylation sites is 1. The van der Waals surface area contributed by atoms with E-state index in [1.54, 1.807) is 12.3 Å². The molecule has 2 heterocycles. The van der Waals surface area contributed by atoms with E-state index >= 15 is 0 Å². The second-order valence-corrected chi connectivity index (χ2v) is 4.82. The van der Waals surface area contributed by atoms with Crippen molar-refractivity contribution in [1.82, 2.24) is 9.88 Å². The molecule has 0 spiro atoms. The fourth-order valence-electron chi connectivity index (χ4n) is 2.50. The van der Waals surface area contributed by atoms with E-state index in [4.69, 9.17) is 10.5 Å².